The van der Waals surface area contributed by atoms with Crippen LogP contribution in [0.2, 0.25) is 0 Å². The van der Waals surface area contributed by atoms with Crippen molar-refractivity contribution in [3.8, 4) is 0 Å². The number of hydrogen-bond acceptors (Lipinski definition) is 5. The van der Waals surface area contributed by atoms with Gasteiger partial charge in [-0.1, -0.05) is 6.07 Å². The van der Waals surface area contributed by atoms with E-state index in [4.69, 9.17) is 0 Å². The van der Waals surface area contributed by atoms with Crippen molar-refractivity contribution in [2.45, 2.75) is 32.4 Å². The molecule has 1 aliphatic carbocycles. The number of carbonyl (C=O) groups excluding carboxylic acids is 1. The van der Waals surface area contributed by atoms with Gasteiger partial charge in [0.1, 0.15) is 5.82 Å². The average Bonchev–Trinajstić information content (AvgIpc) is 3.37. The second-order valence-electron chi connectivity index (χ2n) is 6.80. The van der Waals surface area contributed by atoms with Crippen molar-refractivity contribution < 1.29 is 9.18 Å². The Morgan fingerprint density at radius 2 is 2.00 bits per heavy atom. The number of amides is 1. The lowest BCUT2D eigenvalue weighted by atomic mass is 10.1. The Labute approximate surface area is 145 Å². The van der Waals surface area contributed by atoms with Gasteiger partial charge in [0.25, 0.3) is 5.91 Å². The Bertz CT molecular complexity index is 779. The fourth-order valence-electron chi connectivity index (χ4n) is 3.14. The van der Waals surface area contributed by atoms with Crippen molar-refractivity contribution in [1.82, 2.24) is 30.0 Å². The standard InChI is InChI=1S/C17H21FN6O/c1-12-2-3-13(10-15(12)18)17(25)23-8-6-22(7-9-23)11-16-19-20-21-24(16)14-4-5-14/h2-3,10,14H,4-9,11H2,1H3. The number of piperazine rings is 1. The number of nitrogens with zero attached hydrogens (tertiary/aromatic N) is 6. The largest absolute Gasteiger partial charge is 0.336 e. The van der Waals surface area contributed by atoms with Crippen molar-refractivity contribution in [2.24, 2.45) is 0 Å². The number of aromatic nitrogens is 4. The van der Waals surface area contributed by atoms with E-state index in [1.54, 1.807) is 24.0 Å². The normalized spacial score (nSPS) is 18.6. The number of aryl methyl sites for hydroxylation is 1. The molecule has 1 amide bonds. The first-order chi connectivity index (χ1) is 12.1. The maximum absolute atomic E-state index is 13.7. The molecule has 0 atom stereocenters. The van der Waals surface area contributed by atoms with E-state index in [2.05, 4.69) is 20.4 Å². The highest BCUT2D eigenvalue weighted by atomic mass is 19.1. The van der Waals surface area contributed by atoms with E-state index in [9.17, 15) is 9.18 Å². The van der Waals surface area contributed by atoms with Crippen molar-refractivity contribution >= 4 is 5.91 Å². The number of hydrogen-bond donors (Lipinski definition) is 0. The van der Waals surface area contributed by atoms with Gasteiger partial charge in [-0.05, 0) is 47.9 Å². The SMILES string of the molecule is Cc1ccc(C(=O)N2CCN(Cc3nnnn3C3CC3)CC2)cc1F. The molecular formula is C17H21FN6O. The molecular weight excluding hydrogens is 323 g/mol. The Morgan fingerprint density at radius 1 is 1.24 bits per heavy atom. The third kappa shape index (κ3) is 3.39. The molecule has 2 aliphatic rings. The maximum atomic E-state index is 13.7. The molecule has 1 saturated carbocycles. The van der Waals surface area contributed by atoms with Gasteiger partial charge in [0.05, 0.1) is 12.6 Å². The van der Waals surface area contributed by atoms with E-state index in [0.717, 1.165) is 31.8 Å². The molecule has 2 aromatic rings. The summed E-state index contributed by atoms with van der Waals surface area (Å²) in [7, 11) is 0. The number of benzene rings is 1. The van der Waals surface area contributed by atoms with E-state index in [1.165, 1.54) is 6.07 Å². The summed E-state index contributed by atoms with van der Waals surface area (Å²) in [4.78, 5) is 16.6. The van der Waals surface area contributed by atoms with Crippen LogP contribution >= 0.6 is 0 Å². The van der Waals surface area contributed by atoms with Crippen LogP contribution in [0.4, 0.5) is 4.39 Å². The van der Waals surface area contributed by atoms with Crippen LogP contribution < -0.4 is 0 Å². The van der Waals surface area contributed by atoms with Gasteiger partial charge in [-0.25, -0.2) is 9.07 Å². The molecule has 7 nitrogen and oxygen atoms in total. The van der Waals surface area contributed by atoms with E-state index in [0.29, 0.717) is 36.8 Å². The third-order valence-corrected chi connectivity index (χ3v) is 4.90. The van der Waals surface area contributed by atoms with Crippen LogP contribution in [-0.4, -0.2) is 62.1 Å². The van der Waals surface area contributed by atoms with Gasteiger partial charge < -0.3 is 4.90 Å². The molecule has 1 aromatic heterocycles. The first-order valence-corrected chi connectivity index (χ1v) is 8.66. The zero-order valence-corrected chi connectivity index (χ0v) is 14.2. The van der Waals surface area contributed by atoms with Crippen molar-refractivity contribution in [1.29, 1.82) is 0 Å². The highest BCUT2D eigenvalue weighted by Gasteiger charge is 2.29. The van der Waals surface area contributed by atoms with Crippen LogP contribution in [0.1, 0.15) is 40.6 Å². The number of carbonyl (C=O) groups is 1. The summed E-state index contributed by atoms with van der Waals surface area (Å²) in [5.74, 6) is 0.445. The molecule has 8 heteroatoms. The lowest BCUT2D eigenvalue weighted by Gasteiger charge is -2.34. The predicted octanol–water partition coefficient (Wildman–Crippen LogP) is 1.41. The molecule has 2 fully saturated rings. The minimum atomic E-state index is -0.337. The van der Waals surface area contributed by atoms with Gasteiger partial charge in [-0.3, -0.25) is 9.69 Å². The van der Waals surface area contributed by atoms with Crippen LogP contribution in [0.15, 0.2) is 18.2 Å². The second-order valence-corrected chi connectivity index (χ2v) is 6.80. The summed E-state index contributed by atoms with van der Waals surface area (Å²) in [6.45, 7) is 5.16. The first-order valence-electron chi connectivity index (χ1n) is 8.66. The highest BCUT2D eigenvalue weighted by molar-refractivity contribution is 5.94. The summed E-state index contributed by atoms with van der Waals surface area (Å²) in [6.07, 6.45) is 2.29. The second kappa shape index (κ2) is 6.51. The van der Waals surface area contributed by atoms with Gasteiger partial charge in [0.2, 0.25) is 0 Å². The molecule has 2 heterocycles. The van der Waals surface area contributed by atoms with Crippen LogP contribution in [0.25, 0.3) is 0 Å². The number of halogens is 1. The van der Waals surface area contributed by atoms with Gasteiger partial charge >= 0.3 is 0 Å². The van der Waals surface area contributed by atoms with Crippen molar-refractivity contribution in [3.63, 3.8) is 0 Å². The van der Waals surface area contributed by atoms with Crippen molar-refractivity contribution in [2.75, 3.05) is 26.2 Å². The molecule has 0 spiro atoms. The highest BCUT2D eigenvalue weighted by Crippen LogP contribution is 2.34. The molecule has 132 valence electrons. The van der Waals surface area contributed by atoms with Gasteiger partial charge in [0, 0.05) is 31.7 Å². The Kier molecular flexibility index (Phi) is 4.20. The summed E-state index contributed by atoms with van der Waals surface area (Å²) in [5, 5.41) is 12.0. The molecule has 1 aromatic carbocycles. The topological polar surface area (TPSA) is 67.2 Å². The molecule has 0 bridgehead atoms. The lowest BCUT2D eigenvalue weighted by Crippen LogP contribution is -2.48. The van der Waals surface area contributed by atoms with Crippen LogP contribution in [-0.2, 0) is 6.54 Å². The van der Waals surface area contributed by atoms with Crippen LogP contribution in [0, 0.1) is 12.7 Å². The molecule has 0 N–H and O–H groups in total. The molecule has 0 radical (unpaired) electrons. The fourth-order valence-corrected chi connectivity index (χ4v) is 3.14. The Hall–Kier alpha value is -2.35. The summed E-state index contributed by atoms with van der Waals surface area (Å²) in [5.41, 5.74) is 0.962. The third-order valence-electron chi connectivity index (χ3n) is 4.90. The summed E-state index contributed by atoms with van der Waals surface area (Å²) >= 11 is 0. The zero-order chi connectivity index (χ0) is 17.4. The van der Waals surface area contributed by atoms with E-state index in [1.807, 2.05) is 4.68 Å². The monoisotopic (exact) mass is 344 g/mol. The first kappa shape index (κ1) is 16.1. The van der Waals surface area contributed by atoms with Crippen molar-refractivity contribution in [3.05, 3.63) is 41.0 Å². The molecule has 1 aliphatic heterocycles. The lowest BCUT2D eigenvalue weighted by molar-refractivity contribution is 0.0623. The van der Waals surface area contributed by atoms with Gasteiger partial charge in [0.15, 0.2) is 5.82 Å². The number of tetrazole rings is 1. The average molecular weight is 344 g/mol. The van der Waals surface area contributed by atoms with Gasteiger partial charge in [-0.2, -0.15) is 0 Å². The summed E-state index contributed by atoms with van der Waals surface area (Å²) < 4.78 is 15.6. The zero-order valence-electron chi connectivity index (χ0n) is 14.2. The quantitative estimate of drug-likeness (QED) is 0.839. The van der Waals surface area contributed by atoms with E-state index in [-0.39, 0.29) is 11.7 Å². The molecule has 25 heavy (non-hydrogen) atoms. The molecule has 4 rings (SSSR count). The summed E-state index contributed by atoms with van der Waals surface area (Å²) in [6, 6.07) is 5.13. The minimum Gasteiger partial charge on any atom is -0.336 e. The number of rotatable bonds is 4. The molecule has 1 saturated heterocycles. The smallest absolute Gasteiger partial charge is 0.254 e. The van der Waals surface area contributed by atoms with E-state index < -0.39 is 0 Å². The Balaban J connectivity index is 1.35. The fraction of sp³-hybridized carbons (Fsp3) is 0.529. The molecule has 0 unspecified atom stereocenters. The Morgan fingerprint density at radius 3 is 2.68 bits per heavy atom. The maximum Gasteiger partial charge on any atom is 0.254 e. The van der Waals surface area contributed by atoms with Crippen LogP contribution in [0.3, 0.4) is 0 Å². The van der Waals surface area contributed by atoms with Crippen LogP contribution in [0.5, 0.6) is 0 Å². The van der Waals surface area contributed by atoms with E-state index >= 15 is 0 Å². The van der Waals surface area contributed by atoms with Gasteiger partial charge in [-0.15, -0.1) is 5.10 Å². The predicted molar refractivity (Wildman–Crippen MR) is 88.4 cm³/mol. The minimum absolute atomic E-state index is 0.110.